The van der Waals surface area contributed by atoms with Crippen LogP contribution in [0.1, 0.15) is 10.6 Å². The number of rotatable bonds is 5. The van der Waals surface area contributed by atoms with Gasteiger partial charge in [-0.3, -0.25) is 4.72 Å². The molecule has 1 heterocycles. The topological polar surface area (TPSA) is 59.1 Å². The van der Waals surface area contributed by atoms with Gasteiger partial charge in [0.15, 0.2) is 0 Å². The van der Waals surface area contributed by atoms with Gasteiger partial charge in [-0.1, -0.05) is 24.3 Å². The second-order valence-corrected chi connectivity index (χ2v) is 8.10. The van der Waals surface area contributed by atoms with E-state index >= 15 is 0 Å². The molecule has 0 radical (unpaired) electrons. The number of aromatic nitrogens is 1. The Bertz CT molecular complexity index is 933. The number of hydrogen-bond donors (Lipinski definition) is 1. The summed E-state index contributed by atoms with van der Waals surface area (Å²) in [6, 6.07) is 12.5. The lowest BCUT2D eigenvalue weighted by atomic mass is 10.1. The molecule has 0 atom stereocenters. The molecule has 0 spiro atoms. The molecule has 1 aromatic heterocycles. The maximum atomic E-state index is 12.9. The number of anilines is 1. The van der Waals surface area contributed by atoms with E-state index in [9.17, 15) is 12.8 Å². The predicted molar refractivity (Wildman–Crippen MR) is 94.9 cm³/mol. The van der Waals surface area contributed by atoms with Crippen molar-refractivity contribution < 1.29 is 12.8 Å². The van der Waals surface area contributed by atoms with Crippen molar-refractivity contribution >= 4 is 27.0 Å². The maximum absolute atomic E-state index is 12.9. The predicted octanol–water partition coefficient (Wildman–Crippen LogP) is 4.20. The Morgan fingerprint density at radius 2 is 1.75 bits per heavy atom. The fourth-order valence-corrected chi connectivity index (χ4v) is 4.04. The van der Waals surface area contributed by atoms with E-state index < -0.39 is 15.8 Å². The molecule has 0 amide bonds. The molecule has 0 bridgehead atoms. The molecule has 124 valence electrons. The van der Waals surface area contributed by atoms with Crippen molar-refractivity contribution in [1.29, 1.82) is 0 Å². The van der Waals surface area contributed by atoms with Crippen LogP contribution in [0.3, 0.4) is 0 Å². The molecule has 0 saturated heterocycles. The number of nitrogens with zero attached hydrogens (tertiary/aromatic N) is 1. The maximum Gasteiger partial charge on any atom is 0.236 e. The van der Waals surface area contributed by atoms with E-state index in [2.05, 4.69) is 9.71 Å². The van der Waals surface area contributed by atoms with Gasteiger partial charge in [-0.2, -0.15) is 0 Å². The molecule has 0 aliphatic rings. The summed E-state index contributed by atoms with van der Waals surface area (Å²) >= 11 is 1.57. The third kappa shape index (κ3) is 4.18. The van der Waals surface area contributed by atoms with E-state index in [0.29, 0.717) is 11.3 Å². The van der Waals surface area contributed by atoms with Crippen molar-refractivity contribution in [1.82, 2.24) is 4.98 Å². The molecule has 0 aliphatic carbocycles. The lowest BCUT2D eigenvalue weighted by molar-refractivity contribution is 0.600. The van der Waals surface area contributed by atoms with Crippen LogP contribution in [0.2, 0.25) is 0 Å². The van der Waals surface area contributed by atoms with Crippen LogP contribution in [0.25, 0.3) is 11.3 Å². The summed E-state index contributed by atoms with van der Waals surface area (Å²) in [6.45, 7) is 1.94. The Morgan fingerprint density at radius 3 is 2.33 bits per heavy atom. The molecule has 3 rings (SSSR count). The van der Waals surface area contributed by atoms with Crippen molar-refractivity contribution in [2.24, 2.45) is 0 Å². The molecule has 1 N–H and O–H groups in total. The van der Waals surface area contributed by atoms with Crippen LogP contribution in [0.5, 0.6) is 0 Å². The summed E-state index contributed by atoms with van der Waals surface area (Å²) < 4.78 is 39.8. The Morgan fingerprint density at radius 1 is 1.08 bits per heavy atom. The first-order valence-electron chi connectivity index (χ1n) is 7.19. The average Bonchev–Trinajstić information content (AvgIpc) is 2.96. The molecule has 3 aromatic rings. The summed E-state index contributed by atoms with van der Waals surface area (Å²) in [5, 5.41) is 2.94. The fourth-order valence-electron chi connectivity index (χ4n) is 2.22. The number of hydrogen-bond acceptors (Lipinski definition) is 4. The van der Waals surface area contributed by atoms with Crippen molar-refractivity contribution in [2.45, 2.75) is 12.7 Å². The lowest BCUT2D eigenvalue weighted by Gasteiger charge is -2.08. The Kier molecular flexibility index (Phi) is 4.64. The third-order valence-electron chi connectivity index (χ3n) is 3.34. The van der Waals surface area contributed by atoms with Crippen molar-refractivity contribution in [3.63, 3.8) is 0 Å². The van der Waals surface area contributed by atoms with Crippen molar-refractivity contribution in [2.75, 3.05) is 4.72 Å². The molecule has 7 heteroatoms. The van der Waals surface area contributed by atoms with E-state index in [4.69, 9.17) is 0 Å². The van der Waals surface area contributed by atoms with Crippen LogP contribution in [-0.2, 0) is 15.8 Å². The molecule has 2 aromatic carbocycles. The van der Waals surface area contributed by atoms with Gasteiger partial charge >= 0.3 is 0 Å². The third-order valence-corrected chi connectivity index (χ3v) is 5.38. The van der Waals surface area contributed by atoms with Gasteiger partial charge in [0, 0.05) is 16.6 Å². The number of sulfonamides is 1. The Balaban J connectivity index is 1.71. The lowest BCUT2D eigenvalue weighted by Crippen LogP contribution is -2.15. The van der Waals surface area contributed by atoms with E-state index in [1.165, 1.54) is 24.3 Å². The molecular formula is C17H15FN2O2S2. The van der Waals surface area contributed by atoms with Crippen LogP contribution in [0.4, 0.5) is 10.1 Å². The Hall–Kier alpha value is -2.25. The molecular weight excluding hydrogens is 347 g/mol. The van der Waals surface area contributed by atoms with Crippen LogP contribution in [-0.4, -0.2) is 13.4 Å². The van der Waals surface area contributed by atoms with E-state index in [1.807, 2.05) is 24.4 Å². The zero-order valence-electron chi connectivity index (χ0n) is 12.9. The van der Waals surface area contributed by atoms with E-state index in [1.54, 1.807) is 23.5 Å². The summed E-state index contributed by atoms with van der Waals surface area (Å²) in [6.07, 6.45) is 0. The minimum atomic E-state index is -3.56. The van der Waals surface area contributed by atoms with Gasteiger partial charge in [0.1, 0.15) is 5.82 Å². The average molecular weight is 362 g/mol. The summed E-state index contributed by atoms with van der Waals surface area (Å²) in [5.74, 6) is -0.600. The van der Waals surface area contributed by atoms with Gasteiger partial charge in [-0.05, 0) is 36.8 Å². The highest BCUT2D eigenvalue weighted by molar-refractivity contribution is 7.91. The van der Waals surface area contributed by atoms with Crippen molar-refractivity contribution in [3.8, 4) is 11.3 Å². The quantitative estimate of drug-likeness (QED) is 0.740. The first-order valence-corrected chi connectivity index (χ1v) is 9.72. The number of thiazole rings is 1. The first kappa shape index (κ1) is 16.6. The number of aryl methyl sites for hydroxylation is 1. The van der Waals surface area contributed by atoms with Gasteiger partial charge in [0.25, 0.3) is 0 Å². The highest BCUT2D eigenvalue weighted by Crippen LogP contribution is 2.23. The molecule has 4 nitrogen and oxygen atoms in total. The normalized spacial score (nSPS) is 11.4. The van der Waals surface area contributed by atoms with Gasteiger partial charge in [0.2, 0.25) is 10.0 Å². The summed E-state index contributed by atoms with van der Waals surface area (Å²) in [7, 11) is -3.56. The number of benzene rings is 2. The van der Waals surface area contributed by atoms with Crippen LogP contribution < -0.4 is 4.72 Å². The monoisotopic (exact) mass is 362 g/mol. The molecule has 0 saturated carbocycles. The zero-order valence-corrected chi connectivity index (χ0v) is 14.5. The minimum absolute atomic E-state index is 0.208. The minimum Gasteiger partial charge on any atom is -0.283 e. The fraction of sp³-hybridized carbons (Fsp3) is 0.118. The molecule has 0 fully saturated rings. The standard InChI is InChI=1S/C17H15FN2O2S2/c1-12-19-17(10-23-12)14-4-8-16(9-5-14)20-24(21,22)11-13-2-6-15(18)7-3-13/h2-10,20H,11H2,1H3. The summed E-state index contributed by atoms with van der Waals surface area (Å²) in [5.41, 5.74) is 2.81. The first-order chi connectivity index (χ1) is 11.4. The zero-order chi connectivity index (χ0) is 17.2. The molecule has 24 heavy (non-hydrogen) atoms. The summed E-state index contributed by atoms with van der Waals surface area (Å²) in [4.78, 5) is 4.40. The second-order valence-electron chi connectivity index (χ2n) is 5.32. The second kappa shape index (κ2) is 6.70. The largest absolute Gasteiger partial charge is 0.283 e. The van der Waals surface area contributed by atoms with Crippen molar-refractivity contribution in [3.05, 3.63) is 70.3 Å². The van der Waals surface area contributed by atoms with Crippen LogP contribution in [0.15, 0.2) is 53.9 Å². The number of halogens is 1. The molecule has 0 unspecified atom stereocenters. The smallest absolute Gasteiger partial charge is 0.236 e. The Labute approximate surface area is 144 Å². The molecule has 0 aliphatic heterocycles. The highest BCUT2D eigenvalue weighted by Gasteiger charge is 2.12. The van der Waals surface area contributed by atoms with Gasteiger partial charge < -0.3 is 0 Å². The van der Waals surface area contributed by atoms with Crippen LogP contribution >= 0.6 is 11.3 Å². The van der Waals surface area contributed by atoms with Gasteiger partial charge in [-0.15, -0.1) is 11.3 Å². The van der Waals surface area contributed by atoms with Gasteiger partial charge in [0.05, 0.1) is 16.5 Å². The van der Waals surface area contributed by atoms with E-state index in [0.717, 1.165) is 16.3 Å². The highest BCUT2D eigenvalue weighted by atomic mass is 32.2. The number of nitrogens with one attached hydrogen (secondary N) is 1. The van der Waals surface area contributed by atoms with Gasteiger partial charge in [-0.25, -0.2) is 17.8 Å². The van der Waals surface area contributed by atoms with Crippen LogP contribution in [0, 0.1) is 12.7 Å². The van der Waals surface area contributed by atoms with E-state index in [-0.39, 0.29) is 5.75 Å². The SMILES string of the molecule is Cc1nc(-c2ccc(NS(=O)(=O)Cc3ccc(F)cc3)cc2)cs1.